The van der Waals surface area contributed by atoms with Crippen LogP contribution in [0.5, 0.6) is 5.75 Å². The standard InChI is InChI=1S/C43H48N4O7/c1-42(2,3)54-41(52)46-23-21-43(22-24-46,40(51)44-31-17-13-28(14-18-31)15-20-36(48)49)45-39(50)30-16-19-32-34(27-30)47-25-26-53-35-12-8-7-11-33(35)38(47)37(32)29-9-5-4-6-10-29/h7-8,11-20,27,29H,4-6,9-10,21-26H2,1-3H3,(H,44,51)(H,45,50)(H,48,49)/b20-15+. The molecule has 3 aliphatic rings. The summed E-state index contributed by atoms with van der Waals surface area (Å²) in [6.07, 6.45) is 8.26. The molecule has 0 atom stereocenters. The Morgan fingerprint density at radius 3 is 2.35 bits per heavy atom. The number of para-hydroxylation sites is 1. The molecule has 54 heavy (non-hydrogen) atoms. The Kier molecular flexibility index (Phi) is 10.2. The third kappa shape index (κ3) is 7.71. The number of nitrogens with zero attached hydrogens (tertiary/aromatic N) is 2. The molecule has 1 aromatic heterocycles. The first-order valence-corrected chi connectivity index (χ1v) is 18.9. The molecule has 1 saturated carbocycles. The molecule has 2 fully saturated rings. The summed E-state index contributed by atoms with van der Waals surface area (Å²) in [6.45, 7) is 6.97. The molecule has 0 radical (unpaired) electrons. The minimum atomic E-state index is -1.33. The first-order valence-electron chi connectivity index (χ1n) is 18.9. The lowest BCUT2D eigenvalue weighted by atomic mass is 9.81. The Bertz CT molecular complexity index is 2100. The Morgan fingerprint density at radius 2 is 1.65 bits per heavy atom. The molecule has 0 spiro atoms. The van der Waals surface area contributed by atoms with Crippen LogP contribution in [0.3, 0.4) is 0 Å². The van der Waals surface area contributed by atoms with Crippen molar-refractivity contribution in [3.05, 3.63) is 89.5 Å². The third-order valence-corrected chi connectivity index (χ3v) is 10.7. The summed E-state index contributed by atoms with van der Waals surface area (Å²) in [6, 6.07) is 20.8. The smallest absolute Gasteiger partial charge is 0.410 e. The Balaban J connectivity index is 1.21. The minimum absolute atomic E-state index is 0.173. The number of hydrogen-bond acceptors (Lipinski definition) is 6. The number of rotatable bonds is 7. The van der Waals surface area contributed by atoms with Crippen LogP contribution in [0.25, 0.3) is 28.2 Å². The fourth-order valence-electron chi connectivity index (χ4n) is 8.07. The molecule has 3 N–H and O–H groups in total. The number of nitrogens with one attached hydrogen (secondary N) is 2. The van der Waals surface area contributed by atoms with Gasteiger partial charge < -0.3 is 34.7 Å². The van der Waals surface area contributed by atoms with Gasteiger partial charge in [-0.3, -0.25) is 9.59 Å². The van der Waals surface area contributed by atoms with E-state index in [1.54, 1.807) is 49.9 Å². The number of aliphatic carboxylic acids is 1. The summed E-state index contributed by atoms with van der Waals surface area (Å²) in [4.78, 5) is 54.1. The van der Waals surface area contributed by atoms with Gasteiger partial charge in [-0.1, -0.05) is 49.6 Å². The summed E-state index contributed by atoms with van der Waals surface area (Å²) in [7, 11) is 0. The highest BCUT2D eigenvalue weighted by atomic mass is 16.6. The molecule has 3 amide bonds. The van der Waals surface area contributed by atoms with E-state index in [1.165, 1.54) is 30.9 Å². The number of carboxylic acid groups (broad SMARTS) is 1. The van der Waals surface area contributed by atoms with E-state index in [0.29, 0.717) is 35.9 Å². The van der Waals surface area contributed by atoms with Gasteiger partial charge in [0.25, 0.3) is 5.91 Å². The molecule has 0 unspecified atom stereocenters. The van der Waals surface area contributed by atoms with Gasteiger partial charge in [0.05, 0.1) is 12.2 Å². The van der Waals surface area contributed by atoms with Gasteiger partial charge in [0.15, 0.2) is 0 Å². The van der Waals surface area contributed by atoms with Crippen LogP contribution in [0.4, 0.5) is 10.5 Å². The normalized spacial score (nSPS) is 17.2. The van der Waals surface area contributed by atoms with Crippen LogP contribution < -0.4 is 15.4 Å². The van der Waals surface area contributed by atoms with Crippen LogP contribution in [-0.2, 0) is 20.9 Å². The van der Waals surface area contributed by atoms with Crippen molar-refractivity contribution in [3.8, 4) is 17.0 Å². The molecule has 11 nitrogen and oxygen atoms in total. The molecular weight excluding hydrogens is 684 g/mol. The number of piperidine rings is 1. The van der Waals surface area contributed by atoms with Crippen LogP contribution in [0.2, 0.25) is 0 Å². The predicted octanol–water partition coefficient (Wildman–Crippen LogP) is 7.98. The van der Waals surface area contributed by atoms with Crippen LogP contribution >= 0.6 is 0 Å². The Hall–Kier alpha value is -5.58. The molecule has 4 aromatic rings. The van der Waals surface area contributed by atoms with Gasteiger partial charge in [0.2, 0.25) is 5.91 Å². The van der Waals surface area contributed by atoms with Gasteiger partial charge >= 0.3 is 12.1 Å². The van der Waals surface area contributed by atoms with E-state index in [4.69, 9.17) is 14.6 Å². The summed E-state index contributed by atoms with van der Waals surface area (Å²) in [5.41, 5.74) is 4.10. The van der Waals surface area contributed by atoms with Crippen LogP contribution in [0, 0.1) is 0 Å². The maximum absolute atomic E-state index is 14.4. The number of aromatic nitrogens is 1. The lowest BCUT2D eigenvalue weighted by Gasteiger charge is -2.41. The number of carbonyl (C=O) groups is 4. The number of amides is 3. The highest BCUT2D eigenvalue weighted by Gasteiger charge is 2.44. The lowest BCUT2D eigenvalue weighted by Crippen LogP contribution is -2.62. The van der Waals surface area contributed by atoms with E-state index >= 15 is 0 Å². The molecular formula is C43H48N4O7. The van der Waals surface area contributed by atoms with Gasteiger partial charge in [0.1, 0.15) is 23.5 Å². The number of anilines is 1. The molecule has 0 bridgehead atoms. The van der Waals surface area contributed by atoms with E-state index in [1.807, 2.05) is 30.3 Å². The summed E-state index contributed by atoms with van der Waals surface area (Å²) >= 11 is 0. The monoisotopic (exact) mass is 732 g/mol. The number of fused-ring (bicyclic) bond motifs is 5. The maximum Gasteiger partial charge on any atom is 0.410 e. The lowest BCUT2D eigenvalue weighted by molar-refractivity contribution is -0.131. The van der Waals surface area contributed by atoms with Gasteiger partial charge in [-0.25, -0.2) is 9.59 Å². The maximum atomic E-state index is 14.4. The van der Waals surface area contributed by atoms with E-state index in [9.17, 15) is 19.2 Å². The highest BCUT2D eigenvalue weighted by molar-refractivity contribution is 6.06. The largest absolute Gasteiger partial charge is 0.491 e. The van der Waals surface area contributed by atoms with E-state index in [-0.39, 0.29) is 31.8 Å². The second kappa shape index (κ2) is 15.0. The van der Waals surface area contributed by atoms with Gasteiger partial charge in [-0.05, 0) is 106 Å². The summed E-state index contributed by atoms with van der Waals surface area (Å²) in [5.74, 6) is -0.566. The second-order valence-electron chi connectivity index (χ2n) is 15.6. The zero-order valence-electron chi connectivity index (χ0n) is 31.2. The first-order chi connectivity index (χ1) is 25.9. The molecule has 3 aromatic carbocycles. The van der Waals surface area contributed by atoms with Crippen molar-refractivity contribution in [3.63, 3.8) is 0 Å². The average Bonchev–Trinajstić information content (AvgIpc) is 3.35. The fourth-order valence-corrected chi connectivity index (χ4v) is 8.07. The van der Waals surface area contributed by atoms with Gasteiger partial charge in [-0.15, -0.1) is 0 Å². The van der Waals surface area contributed by atoms with E-state index < -0.39 is 29.1 Å². The predicted molar refractivity (Wildman–Crippen MR) is 208 cm³/mol. The average molecular weight is 733 g/mol. The molecule has 1 saturated heterocycles. The van der Waals surface area contributed by atoms with E-state index in [2.05, 4.69) is 27.3 Å². The number of carbonyl (C=O) groups excluding carboxylic acids is 3. The van der Waals surface area contributed by atoms with Crippen molar-refractivity contribution >= 4 is 46.5 Å². The van der Waals surface area contributed by atoms with Crippen LogP contribution in [0.1, 0.15) is 93.1 Å². The second-order valence-corrected chi connectivity index (χ2v) is 15.6. The molecule has 282 valence electrons. The van der Waals surface area contributed by atoms with Crippen molar-refractivity contribution in [2.24, 2.45) is 0 Å². The van der Waals surface area contributed by atoms with Gasteiger partial charge in [0, 0.05) is 46.9 Å². The Labute approximate surface area is 315 Å². The van der Waals surface area contributed by atoms with Crippen molar-refractivity contribution < 1.29 is 33.8 Å². The van der Waals surface area contributed by atoms with Crippen molar-refractivity contribution in [2.75, 3.05) is 25.0 Å². The molecule has 2 aliphatic heterocycles. The minimum Gasteiger partial charge on any atom is -0.491 e. The zero-order valence-corrected chi connectivity index (χ0v) is 31.2. The number of benzene rings is 3. The van der Waals surface area contributed by atoms with Crippen LogP contribution in [-0.4, -0.2) is 69.3 Å². The van der Waals surface area contributed by atoms with Crippen molar-refractivity contribution in [1.29, 1.82) is 0 Å². The number of carboxylic acids is 1. The summed E-state index contributed by atoms with van der Waals surface area (Å²) < 4.78 is 14.1. The third-order valence-electron chi connectivity index (χ3n) is 10.7. The topological polar surface area (TPSA) is 139 Å². The number of likely N-dealkylation sites (tertiary alicyclic amines) is 1. The summed E-state index contributed by atoms with van der Waals surface area (Å²) in [5, 5.41) is 16.2. The van der Waals surface area contributed by atoms with Crippen LogP contribution in [0.15, 0.2) is 72.8 Å². The zero-order chi connectivity index (χ0) is 38.0. The molecule has 7 rings (SSSR count). The molecule has 11 heteroatoms. The van der Waals surface area contributed by atoms with E-state index in [0.717, 1.165) is 46.8 Å². The number of ether oxygens (including phenoxy) is 2. The number of hydrogen-bond donors (Lipinski definition) is 3. The first kappa shape index (κ1) is 36.8. The van der Waals surface area contributed by atoms with Crippen molar-refractivity contribution in [2.45, 2.75) is 89.3 Å². The molecule has 1 aliphatic carbocycles. The Morgan fingerprint density at radius 1 is 0.926 bits per heavy atom. The SMILES string of the molecule is CC(C)(C)OC(=O)N1CCC(NC(=O)c2ccc3c(C4CCCCC4)c4n(c3c2)CCOc2ccccc2-4)(C(=O)Nc2ccc(/C=C/C(=O)O)cc2)CC1. The van der Waals surface area contributed by atoms with Crippen molar-refractivity contribution in [1.82, 2.24) is 14.8 Å². The quantitative estimate of drug-likeness (QED) is 0.164. The molecule has 3 heterocycles. The van der Waals surface area contributed by atoms with Gasteiger partial charge in [-0.2, -0.15) is 0 Å². The fraction of sp³-hybridized carbons (Fsp3) is 0.395. The highest BCUT2D eigenvalue weighted by Crippen LogP contribution is 2.47.